The van der Waals surface area contributed by atoms with Crippen LogP contribution in [0.25, 0.3) is 0 Å². The molecular formula is C22H16Br2O2. The first-order valence-corrected chi connectivity index (χ1v) is 9.97. The molecule has 0 heterocycles. The van der Waals surface area contributed by atoms with E-state index in [1.54, 1.807) is 24.3 Å². The molecule has 0 aromatic heterocycles. The van der Waals surface area contributed by atoms with E-state index < -0.39 is 9.65 Å². The number of carbonyl (C=O) groups is 2. The summed E-state index contributed by atoms with van der Waals surface area (Å²) in [6.45, 7) is 0. The average molecular weight is 472 g/mol. The van der Waals surface area contributed by atoms with Crippen LogP contribution in [0.5, 0.6) is 0 Å². The van der Waals surface area contributed by atoms with Crippen molar-refractivity contribution in [2.75, 3.05) is 0 Å². The highest BCUT2D eigenvalue weighted by Crippen LogP contribution is 2.29. The van der Waals surface area contributed by atoms with Crippen LogP contribution in [0.2, 0.25) is 0 Å². The van der Waals surface area contributed by atoms with Crippen molar-refractivity contribution in [3.05, 3.63) is 107 Å². The zero-order valence-electron chi connectivity index (χ0n) is 13.8. The molecule has 0 bridgehead atoms. The van der Waals surface area contributed by atoms with E-state index in [2.05, 4.69) is 31.9 Å². The van der Waals surface area contributed by atoms with Gasteiger partial charge in [0.15, 0.2) is 11.6 Å². The monoisotopic (exact) mass is 470 g/mol. The summed E-state index contributed by atoms with van der Waals surface area (Å²) in [5, 5.41) is 0. The van der Waals surface area contributed by atoms with Gasteiger partial charge in [0.2, 0.25) is 0 Å². The quantitative estimate of drug-likeness (QED) is 0.311. The van der Waals surface area contributed by atoms with Crippen LogP contribution >= 0.6 is 31.9 Å². The summed E-state index contributed by atoms with van der Waals surface area (Å²) in [6.07, 6.45) is 0. The standard InChI is InChI=1S/C22H16Br2O2/c23-19(15-7-3-1-4-8-15)21(25)17-11-13-18(14-12-17)22(26)20(24)16-9-5-2-6-10-16/h1-14,19-20H. The van der Waals surface area contributed by atoms with Crippen molar-refractivity contribution >= 4 is 43.4 Å². The third-order valence-electron chi connectivity index (χ3n) is 4.10. The fourth-order valence-corrected chi connectivity index (χ4v) is 3.78. The molecule has 3 aromatic rings. The van der Waals surface area contributed by atoms with E-state index in [0.29, 0.717) is 11.1 Å². The highest BCUT2D eigenvalue weighted by molar-refractivity contribution is 9.09. The lowest BCUT2D eigenvalue weighted by Crippen LogP contribution is -2.09. The average Bonchev–Trinajstić information content (AvgIpc) is 2.73. The number of rotatable bonds is 6. The largest absolute Gasteiger partial charge is 0.293 e. The van der Waals surface area contributed by atoms with Gasteiger partial charge in [0.1, 0.15) is 9.65 Å². The number of hydrogen-bond donors (Lipinski definition) is 0. The normalized spacial score (nSPS) is 13.0. The molecule has 0 saturated heterocycles. The molecule has 0 amide bonds. The van der Waals surface area contributed by atoms with Crippen LogP contribution in [0.15, 0.2) is 84.9 Å². The predicted octanol–water partition coefficient (Wildman–Crippen LogP) is 6.32. The van der Waals surface area contributed by atoms with Crippen molar-refractivity contribution in [3.8, 4) is 0 Å². The second-order valence-electron chi connectivity index (χ2n) is 5.85. The van der Waals surface area contributed by atoms with Gasteiger partial charge < -0.3 is 0 Å². The molecule has 26 heavy (non-hydrogen) atoms. The SMILES string of the molecule is O=C(c1ccc(C(=O)C(Br)c2ccccc2)cc1)C(Br)c1ccccc1. The van der Waals surface area contributed by atoms with Crippen molar-refractivity contribution in [1.82, 2.24) is 0 Å². The van der Waals surface area contributed by atoms with Gasteiger partial charge in [-0.05, 0) is 11.1 Å². The Morgan fingerprint density at radius 2 is 0.846 bits per heavy atom. The Morgan fingerprint density at radius 1 is 0.538 bits per heavy atom. The van der Waals surface area contributed by atoms with E-state index >= 15 is 0 Å². The summed E-state index contributed by atoms with van der Waals surface area (Å²) < 4.78 is 0. The molecule has 0 fully saturated rings. The zero-order chi connectivity index (χ0) is 18.5. The highest BCUT2D eigenvalue weighted by atomic mass is 79.9. The van der Waals surface area contributed by atoms with Gasteiger partial charge in [0.25, 0.3) is 0 Å². The molecule has 130 valence electrons. The van der Waals surface area contributed by atoms with Crippen molar-refractivity contribution in [3.63, 3.8) is 0 Å². The fourth-order valence-electron chi connectivity index (χ4n) is 2.64. The summed E-state index contributed by atoms with van der Waals surface area (Å²) >= 11 is 6.93. The second kappa shape index (κ2) is 8.56. The lowest BCUT2D eigenvalue weighted by Gasteiger charge is -2.11. The minimum absolute atomic E-state index is 0.0337. The molecule has 0 saturated carbocycles. The summed E-state index contributed by atoms with van der Waals surface area (Å²) in [5.74, 6) is -0.0673. The number of hydrogen-bond acceptors (Lipinski definition) is 2. The molecule has 0 radical (unpaired) electrons. The molecule has 2 nitrogen and oxygen atoms in total. The number of halogens is 2. The molecule has 3 aromatic carbocycles. The number of ketones is 2. The molecule has 2 unspecified atom stereocenters. The first-order valence-electron chi connectivity index (χ1n) is 8.14. The molecule has 3 rings (SSSR count). The maximum absolute atomic E-state index is 12.6. The Hall–Kier alpha value is -2.04. The third kappa shape index (κ3) is 4.19. The van der Waals surface area contributed by atoms with Crippen LogP contribution in [0.3, 0.4) is 0 Å². The predicted molar refractivity (Wildman–Crippen MR) is 111 cm³/mol. The minimum atomic E-state index is -0.404. The molecule has 0 spiro atoms. The molecule has 4 heteroatoms. The van der Waals surface area contributed by atoms with Crippen LogP contribution < -0.4 is 0 Å². The van der Waals surface area contributed by atoms with Gasteiger partial charge in [-0.3, -0.25) is 9.59 Å². The van der Waals surface area contributed by atoms with Gasteiger partial charge in [-0.2, -0.15) is 0 Å². The Bertz CT molecular complexity index is 814. The molecule has 0 aliphatic carbocycles. The maximum Gasteiger partial charge on any atom is 0.180 e. The second-order valence-corrected chi connectivity index (χ2v) is 7.68. The smallest absolute Gasteiger partial charge is 0.180 e. The summed E-state index contributed by atoms with van der Waals surface area (Å²) in [5.41, 5.74) is 2.95. The van der Waals surface area contributed by atoms with Gasteiger partial charge in [-0.25, -0.2) is 0 Å². The van der Waals surface area contributed by atoms with Gasteiger partial charge in [-0.15, -0.1) is 0 Å². The Morgan fingerprint density at radius 3 is 1.15 bits per heavy atom. The minimum Gasteiger partial charge on any atom is -0.293 e. The molecule has 0 aliphatic rings. The van der Waals surface area contributed by atoms with Gasteiger partial charge >= 0.3 is 0 Å². The van der Waals surface area contributed by atoms with Crippen LogP contribution in [-0.2, 0) is 0 Å². The molecule has 0 N–H and O–H groups in total. The van der Waals surface area contributed by atoms with E-state index in [1.165, 1.54) is 0 Å². The Balaban J connectivity index is 1.76. The number of Topliss-reactive ketones (excluding diaryl/α,β-unsaturated/α-hetero) is 2. The van der Waals surface area contributed by atoms with E-state index in [1.807, 2.05) is 60.7 Å². The van der Waals surface area contributed by atoms with Gasteiger partial charge in [0, 0.05) is 11.1 Å². The number of alkyl halides is 2. The van der Waals surface area contributed by atoms with Crippen LogP contribution in [0, 0.1) is 0 Å². The van der Waals surface area contributed by atoms with Crippen LogP contribution in [0.4, 0.5) is 0 Å². The van der Waals surface area contributed by atoms with Crippen LogP contribution in [0.1, 0.15) is 41.5 Å². The maximum atomic E-state index is 12.6. The summed E-state index contributed by atoms with van der Waals surface area (Å²) in [6, 6.07) is 25.9. The Kier molecular flexibility index (Phi) is 6.17. The van der Waals surface area contributed by atoms with Gasteiger partial charge in [-0.1, -0.05) is 117 Å². The fraction of sp³-hybridized carbons (Fsp3) is 0.0909. The zero-order valence-corrected chi connectivity index (χ0v) is 17.0. The van der Waals surface area contributed by atoms with Gasteiger partial charge in [0.05, 0.1) is 0 Å². The third-order valence-corrected chi connectivity index (χ3v) is 5.99. The topological polar surface area (TPSA) is 34.1 Å². The molecule has 0 aliphatic heterocycles. The Labute approximate surface area is 169 Å². The summed E-state index contributed by atoms with van der Waals surface area (Å²) in [7, 11) is 0. The number of benzene rings is 3. The van der Waals surface area contributed by atoms with E-state index in [4.69, 9.17) is 0 Å². The van der Waals surface area contributed by atoms with E-state index in [0.717, 1.165) is 11.1 Å². The van der Waals surface area contributed by atoms with Crippen molar-refractivity contribution < 1.29 is 9.59 Å². The highest BCUT2D eigenvalue weighted by Gasteiger charge is 2.21. The lowest BCUT2D eigenvalue weighted by atomic mass is 9.98. The van der Waals surface area contributed by atoms with Crippen LogP contribution in [-0.4, -0.2) is 11.6 Å². The lowest BCUT2D eigenvalue weighted by molar-refractivity contribution is 0.0980. The van der Waals surface area contributed by atoms with E-state index in [9.17, 15) is 9.59 Å². The van der Waals surface area contributed by atoms with Crippen molar-refractivity contribution in [2.24, 2.45) is 0 Å². The number of carbonyl (C=O) groups excluding carboxylic acids is 2. The van der Waals surface area contributed by atoms with Crippen molar-refractivity contribution in [1.29, 1.82) is 0 Å². The van der Waals surface area contributed by atoms with E-state index in [-0.39, 0.29) is 11.6 Å². The first-order chi connectivity index (χ1) is 12.6. The summed E-state index contributed by atoms with van der Waals surface area (Å²) in [4.78, 5) is 24.5. The first kappa shape index (κ1) is 18.7. The van der Waals surface area contributed by atoms with Crippen molar-refractivity contribution in [2.45, 2.75) is 9.65 Å². The molecule has 2 atom stereocenters. The molecular weight excluding hydrogens is 456 g/mol.